The molecule has 10 rings (SSSR count). The lowest BCUT2D eigenvalue weighted by Gasteiger charge is -2.29. The summed E-state index contributed by atoms with van der Waals surface area (Å²) in [6.45, 7) is 22.8. The van der Waals surface area contributed by atoms with Crippen LogP contribution in [0.1, 0.15) is 103 Å². The summed E-state index contributed by atoms with van der Waals surface area (Å²) in [6.07, 6.45) is 8.03. The van der Waals surface area contributed by atoms with Crippen LogP contribution in [0.5, 0.6) is 11.5 Å². The lowest BCUT2D eigenvalue weighted by Crippen LogP contribution is -2.41. The van der Waals surface area contributed by atoms with Gasteiger partial charge < -0.3 is 4.74 Å². The number of hydrogen-bond donors (Lipinski definition) is 0. The summed E-state index contributed by atoms with van der Waals surface area (Å²) < 4.78 is 13.7. The molecular weight excluding hydrogens is 841 g/mol. The molecule has 0 fully saturated rings. The van der Waals surface area contributed by atoms with Crippen molar-refractivity contribution < 1.29 is 9.30 Å². The number of hydrogen-bond acceptors (Lipinski definition) is 2. The van der Waals surface area contributed by atoms with Crippen molar-refractivity contribution in [3.8, 4) is 39.8 Å². The van der Waals surface area contributed by atoms with E-state index in [2.05, 4.69) is 271 Å². The zero-order valence-electron chi connectivity index (χ0n) is 41.7. The maximum absolute atomic E-state index is 7.00. The van der Waals surface area contributed by atoms with Crippen molar-refractivity contribution in [2.75, 3.05) is 0 Å². The molecule has 0 aliphatic rings. The third kappa shape index (κ3) is 8.56. The average Bonchev–Trinajstić information content (AvgIpc) is 3.95. The van der Waals surface area contributed by atoms with Crippen LogP contribution < -0.4 is 9.30 Å². The highest BCUT2D eigenvalue weighted by molar-refractivity contribution is 6.11. The fourth-order valence-electron chi connectivity index (χ4n) is 9.87. The van der Waals surface area contributed by atoms with Crippen LogP contribution in [0.4, 0.5) is 0 Å². The highest BCUT2D eigenvalue weighted by atomic mass is 16.5. The largest absolute Gasteiger partial charge is 0.458 e. The summed E-state index contributed by atoms with van der Waals surface area (Å²) in [5.41, 5.74) is 12.9. The van der Waals surface area contributed by atoms with Crippen LogP contribution in [0.2, 0.25) is 0 Å². The first-order valence-corrected chi connectivity index (χ1v) is 24.2. The molecule has 3 heterocycles. The van der Waals surface area contributed by atoms with Gasteiger partial charge in [0.15, 0.2) is 0 Å². The fraction of sp³-hybridized carbons (Fsp3) is 0.219. The Bertz CT molecular complexity index is 3470. The quantitative estimate of drug-likeness (QED) is 0.101. The zero-order chi connectivity index (χ0) is 48.3. The Morgan fingerprint density at radius 1 is 0.493 bits per heavy atom. The minimum atomic E-state index is -0.395. The number of ether oxygens (including phenoxy) is 1. The highest BCUT2D eigenvalue weighted by Gasteiger charge is 2.31. The van der Waals surface area contributed by atoms with E-state index in [0.29, 0.717) is 0 Å². The Labute approximate surface area is 408 Å². The minimum absolute atomic E-state index is 0.0325. The lowest BCUT2D eigenvalue weighted by atomic mass is 9.77. The summed E-state index contributed by atoms with van der Waals surface area (Å²) >= 11 is 0. The van der Waals surface area contributed by atoms with Gasteiger partial charge in [-0.1, -0.05) is 191 Å². The first-order chi connectivity index (χ1) is 33.0. The molecule has 0 spiro atoms. The molecule has 10 aromatic rings. The van der Waals surface area contributed by atoms with Gasteiger partial charge in [0.1, 0.15) is 17.3 Å². The molecule has 344 valence electrons. The maximum Gasteiger partial charge on any atom is 0.269 e. The summed E-state index contributed by atoms with van der Waals surface area (Å²) in [7, 11) is 0. The number of rotatable bonds is 10. The first kappa shape index (κ1) is 45.3. The van der Waals surface area contributed by atoms with Crippen LogP contribution in [0.25, 0.3) is 50.1 Å². The van der Waals surface area contributed by atoms with Crippen LogP contribution in [0.3, 0.4) is 0 Å². The molecule has 0 N–H and O–H groups in total. The van der Waals surface area contributed by atoms with Gasteiger partial charge in [-0.2, -0.15) is 0 Å². The Morgan fingerprint density at radius 2 is 1.14 bits per heavy atom. The van der Waals surface area contributed by atoms with E-state index in [1.54, 1.807) is 0 Å². The van der Waals surface area contributed by atoms with Crippen molar-refractivity contribution in [1.29, 1.82) is 0 Å². The number of imidazole rings is 1. The second kappa shape index (κ2) is 17.2. The third-order valence-corrected chi connectivity index (χ3v) is 14.1. The van der Waals surface area contributed by atoms with Gasteiger partial charge in [0.05, 0.1) is 28.1 Å². The summed E-state index contributed by atoms with van der Waals surface area (Å²) in [5.74, 6) is 2.39. The highest BCUT2D eigenvalue weighted by Crippen LogP contribution is 2.43. The summed E-state index contributed by atoms with van der Waals surface area (Å²) in [5, 5.41) is 2.42. The molecule has 5 nitrogen and oxygen atoms in total. The molecule has 0 amide bonds. The number of benzene rings is 7. The van der Waals surface area contributed by atoms with Crippen LogP contribution >= 0.6 is 0 Å². The van der Waals surface area contributed by atoms with Gasteiger partial charge in [-0.15, -0.1) is 0 Å². The van der Waals surface area contributed by atoms with Crippen molar-refractivity contribution >= 4 is 21.8 Å². The predicted molar refractivity (Wildman–Crippen MR) is 285 cm³/mol. The van der Waals surface area contributed by atoms with Crippen molar-refractivity contribution in [2.45, 2.75) is 90.9 Å². The van der Waals surface area contributed by atoms with Crippen LogP contribution in [0.15, 0.2) is 194 Å². The molecule has 7 aromatic carbocycles. The normalized spacial score (nSPS) is 12.5. The van der Waals surface area contributed by atoms with E-state index in [9.17, 15) is 0 Å². The molecule has 0 radical (unpaired) electrons. The van der Waals surface area contributed by atoms with E-state index in [1.807, 2.05) is 12.3 Å². The Morgan fingerprint density at radius 3 is 1.83 bits per heavy atom. The molecule has 0 unspecified atom stereocenters. The summed E-state index contributed by atoms with van der Waals surface area (Å²) in [6, 6.07) is 65.1. The van der Waals surface area contributed by atoms with Gasteiger partial charge in [-0.05, 0) is 104 Å². The van der Waals surface area contributed by atoms with Crippen LogP contribution in [0, 0.1) is 6.33 Å². The minimum Gasteiger partial charge on any atom is -0.458 e. The molecule has 0 saturated heterocycles. The third-order valence-electron chi connectivity index (χ3n) is 14.1. The molecule has 5 heteroatoms. The second-order valence-corrected chi connectivity index (χ2v) is 21.7. The van der Waals surface area contributed by atoms with E-state index in [1.165, 1.54) is 44.2 Å². The smallest absolute Gasteiger partial charge is 0.269 e. The fourth-order valence-corrected chi connectivity index (χ4v) is 9.87. The van der Waals surface area contributed by atoms with Crippen LogP contribution in [-0.4, -0.2) is 14.1 Å². The lowest BCUT2D eigenvalue weighted by molar-refractivity contribution is -0.611. The molecule has 0 atom stereocenters. The van der Waals surface area contributed by atoms with Gasteiger partial charge >= 0.3 is 0 Å². The number of aromatic nitrogens is 4. The average molecular weight is 903 g/mol. The number of fused-ring (bicyclic) bond motifs is 3. The van der Waals surface area contributed by atoms with Crippen LogP contribution in [-0.2, 0) is 21.7 Å². The maximum atomic E-state index is 7.00. The molecular formula is C64H62N4O. The van der Waals surface area contributed by atoms with Gasteiger partial charge in [-0.25, -0.2) is 4.98 Å². The van der Waals surface area contributed by atoms with Crippen molar-refractivity contribution in [3.05, 3.63) is 234 Å². The first-order valence-electron chi connectivity index (χ1n) is 24.2. The van der Waals surface area contributed by atoms with E-state index < -0.39 is 5.41 Å². The SMILES string of the molecule is CC(C)(C)c1ccnc(-n2c3ccccc3c3c(C(C)(C)C)cc(Oc4cccc(-n5[c-][n+](-c6cc(-c7ccccc7)cc(C(C)(C)c7ccccc7)c6)c(C(C)(C)c6ccccc6)c5)c4)cc32)c1. The summed E-state index contributed by atoms with van der Waals surface area (Å²) in [4.78, 5) is 4.98. The Hall–Kier alpha value is -7.50. The zero-order valence-corrected chi connectivity index (χ0v) is 41.7. The predicted octanol–water partition coefficient (Wildman–Crippen LogP) is 15.8. The van der Waals surface area contributed by atoms with Gasteiger partial charge in [0.25, 0.3) is 6.33 Å². The second-order valence-electron chi connectivity index (χ2n) is 21.7. The Balaban J connectivity index is 1.12. The van der Waals surface area contributed by atoms with E-state index >= 15 is 0 Å². The van der Waals surface area contributed by atoms with E-state index in [0.717, 1.165) is 51.0 Å². The molecule has 0 aliphatic heterocycles. The molecule has 0 bridgehead atoms. The monoisotopic (exact) mass is 902 g/mol. The molecule has 69 heavy (non-hydrogen) atoms. The number of para-hydroxylation sites is 1. The van der Waals surface area contributed by atoms with Gasteiger partial charge in [0.2, 0.25) is 0 Å². The Kier molecular flexibility index (Phi) is 11.3. The van der Waals surface area contributed by atoms with E-state index in [4.69, 9.17) is 9.72 Å². The van der Waals surface area contributed by atoms with E-state index in [-0.39, 0.29) is 16.2 Å². The van der Waals surface area contributed by atoms with Gasteiger partial charge in [-0.3, -0.25) is 13.7 Å². The standard InChI is InChI=1S/C64H62N4O/c1-61(2,3)48-33-34-65-59(38-48)68-56-32-21-20-31-54(56)60-55(62(4,5)6)40-53(41-57(60)68)69-52-30-22-29-50(39-52)66-42-58(64(9,10)47-27-18-13-19-28-47)67(43-66)51-36-45(44-23-14-11-15-24-44)35-49(37-51)63(7,8)46-25-16-12-17-26-46/h11-42H,1-10H3. The molecule has 3 aromatic heterocycles. The van der Waals surface area contributed by atoms with Crippen molar-refractivity contribution in [2.24, 2.45) is 0 Å². The number of nitrogens with zero attached hydrogens (tertiary/aromatic N) is 4. The molecule has 0 saturated carbocycles. The topological polar surface area (TPSA) is 35.9 Å². The molecule has 0 aliphatic carbocycles. The van der Waals surface area contributed by atoms with Crippen molar-refractivity contribution in [3.63, 3.8) is 0 Å². The van der Waals surface area contributed by atoms with Crippen molar-refractivity contribution in [1.82, 2.24) is 14.1 Å². The van der Waals surface area contributed by atoms with Gasteiger partial charge in [0, 0.05) is 40.1 Å². The number of pyridine rings is 1.